The Morgan fingerprint density at radius 1 is 1.50 bits per heavy atom. The van der Waals surface area contributed by atoms with Crippen LogP contribution < -0.4 is 5.32 Å². The zero-order chi connectivity index (χ0) is 11.6. The van der Waals surface area contributed by atoms with Crippen LogP contribution in [0.5, 0.6) is 0 Å². The highest BCUT2D eigenvalue weighted by atomic mass is 19.1. The normalized spacial score (nSPS) is 17.6. The van der Waals surface area contributed by atoms with Gasteiger partial charge in [0.1, 0.15) is 5.82 Å². The summed E-state index contributed by atoms with van der Waals surface area (Å²) in [5.41, 5.74) is 1.49. The quantitative estimate of drug-likeness (QED) is 0.768. The van der Waals surface area contributed by atoms with Gasteiger partial charge in [0.15, 0.2) is 0 Å². The van der Waals surface area contributed by atoms with Gasteiger partial charge in [0.2, 0.25) is 0 Å². The minimum atomic E-state index is -0.217. The van der Waals surface area contributed by atoms with Crippen LogP contribution >= 0.6 is 0 Å². The highest BCUT2D eigenvalue weighted by Crippen LogP contribution is 2.31. The van der Waals surface area contributed by atoms with Crippen molar-refractivity contribution in [3.05, 3.63) is 35.1 Å². The van der Waals surface area contributed by atoms with E-state index in [-0.39, 0.29) is 11.4 Å². The van der Waals surface area contributed by atoms with Gasteiger partial charge < -0.3 is 5.32 Å². The molecule has 1 aromatic rings. The molecule has 0 bridgehead atoms. The van der Waals surface area contributed by atoms with E-state index >= 15 is 0 Å². The first kappa shape index (κ1) is 11.2. The molecule has 0 heterocycles. The summed E-state index contributed by atoms with van der Waals surface area (Å²) < 4.78 is 13.6. The monoisotopic (exact) mass is 217 g/mol. The molecule has 1 aliphatic carbocycles. The predicted octanol–water partition coefficient (Wildman–Crippen LogP) is 2.84. The molecule has 16 heavy (non-hydrogen) atoms. The molecule has 1 aromatic carbocycles. The molecule has 0 spiro atoms. The fourth-order valence-corrected chi connectivity index (χ4v) is 1.97. The molecule has 0 radical (unpaired) electrons. The second kappa shape index (κ2) is 4.27. The fourth-order valence-electron chi connectivity index (χ4n) is 1.97. The molecule has 84 valence electrons. The smallest absolute Gasteiger partial charge is 0.128 e. The lowest BCUT2D eigenvalue weighted by molar-refractivity contribution is 0.206. The Morgan fingerprint density at radius 3 is 2.75 bits per heavy atom. The second-order valence-corrected chi connectivity index (χ2v) is 4.72. The Hall–Kier alpha value is -1.33. The van der Waals surface area contributed by atoms with Crippen LogP contribution in [0, 0.1) is 18.2 Å². The number of halogens is 1. The zero-order valence-corrected chi connectivity index (χ0v) is 9.52. The molecule has 1 aliphatic rings. The molecular weight excluding hydrogens is 201 g/mol. The third-order valence-electron chi connectivity index (χ3n) is 3.38. The molecule has 1 fully saturated rings. The first-order valence-corrected chi connectivity index (χ1v) is 5.63. The van der Waals surface area contributed by atoms with Crippen LogP contribution in [-0.4, -0.2) is 5.54 Å². The molecular formula is C14H16FN. The maximum Gasteiger partial charge on any atom is 0.128 e. The Labute approximate surface area is 96.1 Å². The SMILES string of the molecule is C#Cc1ccc(CNC2(C)CCC2)c(F)c1. The van der Waals surface area contributed by atoms with Gasteiger partial charge in [-0.1, -0.05) is 12.0 Å². The topological polar surface area (TPSA) is 12.0 Å². The van der Waals surface area contributed by atoms with E-state index in [1.54, 1.807) is 12.1 Å². The Bertz CT molecular complexity index is 427. The third kappa shape index (κ3) is 2.25. The van der Waals surface area contributed by atoms with Gasteiger partial charge in [-0.3, -0.25) is 0 Å². The lowest BCUT2D eigenvalue weighted by Gasteiger charge is -2.39. The molecule has 1 nitrogen and oxygen atoms in total. The summed E-state index contributed by atoms with van der Waals surface area (Å²) in [6, 6.07) is 4.96. The van der Waals surface area contributed by atoms with E-state index in [2.05, 4.69) is 18.2 Å². The highest BCUT2D eigenvalue weighted by molar-refractivity contribution is 5.35. The molecule has 0 saturated heterocycles. The first-order valence-electron chi connectivity index (χ1n) is 5.63. The standard InChI is InChI=1S/C14H16FN/c1-3-11-5-6-12(13(15)9-11)10-16-14(2)7-4-8-14/h1,5-6,9,16H,4,7-8,10H2,2H3. The third-order valence-corrected chi connectivity index (χ3v) is 3.38. The lowest BCUT2D eigenvalue weighted by atomic mass is 9.78. The Balaban J connectivity index is 2.02. The molecule has 0 unspecified atom stereocenters. The van der Waals surface area contributed by atoms with Crippen molar-refractivity contribution in [2.45, 2.75) is 38.3 Å². The summed E-state index contributed by atoms with van der Waals surface area (Å²) in [5, 5.41) is 3.40. The van der Waals surface area contributed by atoms with Gasteiger partial charge in [0.25, 0.3) is 0 Å². The molecule has 2 heteroatoms. The second-order valence-electron chi connectivity index (χ2n) is 4.72. The van der Waals surface area contributed by atoms with E-state index < -0.39 is 0 Å². The minimum Gasteiger partial charge on any atom is -0.307 e. The van der Waals surface area contributed by atoms with E-state index in [1.165, 1.54) is 25.3 Å². The Morgan fingerprint density at radius 2 is 2.25 bits per heavy atom. The van der Waals surface area contributed by atoms with Crippen LogP contribution in [0.1, 0.15) is 37.3 Å². The number of nitrogens with one attached hydrogen (secondary N) is 1. The Kier molecular flexibility index (Phi) is 2.98. The van der Waals surface area contributed by atoms with Gasteiger partial charge in [0.05, 0.1) is 0 Å². The van der Waals surface area contributed by atoms with Crippen LogP contribution in [0.2, 0.25) is 0 Å². The average Bonchev–Trinajstić information content (AvgIpc) is 2.25. The number of terminal acetylenes is 1. The largest absolute Gasteiger partial charge is 0.307 e. The molecule has 0 atom stereocenters. The number of hydrogen-bond acceptors (Lipinski definition) is 1. The predicted molar refractivity (Wildman–Crippen MR) is 63.4 cm³/mol. The van der Waals surface area contributed by atoms with E-state index in [4.69, 9.17) is 6.42 Å². The van der Waals surface area contributed by atoms with Crippen molar-refractivity contribution >= 4 is 0 Å². The van der Waals surface area contributed by atoms with Crippen LogP contribution in [0.25, 0.3) is 0 Å². The summed E-state index contributed by atoms with van der Waals surface area (Å²) in [6.07, 6.45) is 8.83. The number of hydrogen-bond donors (Lipinski definition) is 1. The number of rotatable bonds is 3. The average molecular weight is 217 g/mol. The van der Waals surface area contributed by atoms with Crippen LogP contribution in [0.3, 0.4) is 0 Å². The van der Waals surface area contributed by atoms with Crippen molar-refractivity contribution in [3.63, 3.8) is 0 Å². The van der Waals surface area contributed by atoms with Crippen molar-refractivity contribution in [2.75, 3.05) is 0 Å². The summed E-state index contributed by atoms with van der Waals surface area (Å²) in [7, 11) is 0. The van der Waals surface area contributed by atoms with Crippen molar-refractivity contribution in [2.24, 2.45) is 0 Å². The molecule has 0 aromatic heterocycles. The van der Waals surface area contributed by atoms with E-state index in [9.17, 15) is 4.39 Å². The zero-order valence-electron chi connectivity index (χ0n) is 9.52. The fraction of sp³-hybridized carbons (Fsp3) is 0.429. The van der Waals surface area contributed by atoms with Gasteiger partial charge in [-0.2, -0.15) is 0 Å². The summed E-state index contributed by atoms with van der Waals surface area (Å²) in [5.74, 6) is 2.21. The molecule has 1 saturated carbocycles. The van der Waals surface area contributed by atoms with E-state index in [0.29, 0.717) is 17.7 Å². The summed E-state index contributed by atoms with van der Waals surface area (Å²) in [4.78, 5) is 0. The van der Waals surface area contributed by atoms with Gasteiger partial charge >= 0.3 is 0 Å². The van der Waals surface area contributed by atoms with Gasteiger partial charge in [-0.25, -0.2) is 4.39 Å². The maximum absolute atomic E-state index is 13.6. The van der Waals surface area contributed by atoms with Crippen molar-refractivity contribution < 1.29 is 4.39 Å². The van der Waals surface area contributed by atoms with Gasteiger partial charge in [-0.05, 0) is 38.3 Å². The number of benzene rings is 1. The van der Waals surface area contributed by atoms with Gasteiger partial charge in [0, 0.05) is 23.2 Å². The highest BCUT2D eigenvalue weighted by Gasteiger charge is 2.30. The molecule has 0 aliphatic heterocycles. The van der Waals surface area contributed by atoms with Crippen LogP contribution in [0.4, 0.5) is 4.39 Å². The van der Waals surface area contributed by atoms with Crippen LogP contribution in [0.15, 0.2) is 18.2 Å². The summed E-state index contributed by atoms with van der Waals surface area (Å²) in [6.45, 7) is 2.76. The first-order chi connectivity index (χ1) is 7.63. The molecule has 2 rings (SSSR count). The van der Waals surface area contributed by atoms with Gasteiger partial charge in [-0.15, -0.1) is 6.42 Å². The molecule has 1 N–H and O–H groups in total. The van der Waals surface area contributed by atoms with Crippen molar-refractivity contribution in [1.82, 2.24) is 5.32 Å². The minimum absolute atomic E-state index is 0.206. The maximum atomic E-state index is 13.6. The lowest BCUT2D eigenvalue weighted by Crippen LogP contribution is -2.47. The summed E-state index contributed by atoms with van der Waals surface area (Å²) >= 11 is 0. The van der Waals surface area contributed by atoms with E-state index in [0.717, 1.165) is 0 Å². The molecule has 0 amide bonds. The van der Waals surface area contributed by atoms with E-state index in [1.807, 2.05) is 0 Å². The van der Waals surface area contributed by atoms with Crippen LogP contribution in [-0.2, 0) is 6.54 Å². The van der Waals surface area contributed by atoms with Crippen molar-refractivity contribution in [1.29, 1.82) is 0 Å². The van der Waals surface area contributed by atoms with Crippen molar-refractivity contribution in [3.8, 4) is 12.3 Å².